The second kappa shape index (κ2) is 5.13. The molecule has 3 rings (SSSR count). The Bertz CT molecular complexity index is 823. The maximum Gasteiger partial charge on any atom is 0.261 e. The van der Waals surface area contributed by atoms with Crippen LogP contribution in [0.1, 0.15) is 11.5 Å². The number of thioether (sulfide) groups is 1. The Morgan fingerprint density at radius 1 is 1.35 bits per heavy atom. The van der Waals surface area contributed by atoms with Crippen LogP contribution in [-0.2, 0) is 12.8 Å². The van der Waals surface area contributed by atoms with Gasteiger partial charge in [0.25, 0.3) is 5.56 Å². The zero-order valence-corrected chi connectivity index (χ0v) is 12.0. The molecule has 0 bridgehead atoms. The third kappa shape index (κ3) is 2.34. The average molecular weight is 287 g/mol. The summed E-state index contributed by atoms with van der Waals surface area (Å²) < 4.78 is 6.59. The lowest BCUT2D eigenvalue weighted by molar-refractivity contribution is 0.393. The van der Waals surface area contributed by atoms with Crippen LogP contribution in [0.2, 0.25) is 0 Å². The normalized spacial score (nSPS) is 11.1. The molecule has 6 heteroatoms. The summed E-state index contributed by atoms with van der Waals surface area (Å²) in [5.74, 6) is 1.40. The molecule has 102 valence electrons. The minimum absolute atomic E-state index is 0.0329. The Morgan fingerprint density at radius 3 is 2.90 bits per heavy atom. The van der Waals surface area contributed by atoms with Gasteiger partial charge in [-0.2, -0.15) is 0 Å². The number of nitrogens with zero attached hydrogens (tertiary/aromatic N) is 3. The number of fused-ring (bicyclic) bond motifs is 1. The van der Waals surface area contributed by atoms with E-state index in [9.17, 15) is 4.79 Å². The molecule has 0 saturated carbocycles. The summed E-state index contributed by atoms with van der Waals surface area (Å²) in [4.78, 5) is 16.8. The van der Waals surface area contributed by atoms with E-state index < -0.39 is 0 Å². The van der Waals surface area contributed by atoms with Gasteiger partial charge in [-0.25, -0.2) is 4.98 Å². The van der Waals surface area contributed by atoms with Crippen LogP contribution in [0.15, 0.2) is 44.8 Å². The van der Waals surface area contributed by atoms with Gasteiger partial charge in [-0.1, -0.05) is 29.1 Å². The molecule has 0 spiro atoms. The van der Waals surface area contributed by atoms with Crippen LogP contribution in [0.4, 0.5) is 0 Å². The first-order valence-corrected chi connectivity index (χ1v) is 7.14. The zero-order valence-electron chi connectivity index (χ0n) is 11.2. The first-order valence-electron chi connectivity index (χ1n) is 6.16. The van der Waals surface area contributed by atoms with Gasteiger partial charge in [-0.15, -0.1) is 0 Å². The first kappa shape index (κ1) is 12.9. The van der Waals surface area contributed by atoms with Crippen LogP contribution in [-0.4, -0.2) is 14.7 Å². The minimum atomic E-state index is -0.0329. The van der Waals surface area contributed by atoms with Gasteiger partial charge in [0.15, 0.2) is 5.16 Å². The van der Waals surface area contributed by atoms with Crippen molar-refractivity contribution < 1.29 is 4.52 Å². The summed E-state index contributed by atoms with van der Waals surface area (Å²) >= 11 is 1.47. The van der Waals surface area contributed by atoms with Gasteiger partial charge in [-0.3, -0.25) is 9.36 Å². The molecule has 0 aliphatic rings. The maximum atomic E-state index is 12.2. The zero-order chi connectivity index (χ0) is 14.1. The molecule has 0 atom stereocenters. The molecule has 0 fully saturated rings. The molecule has 2 heterocycles. The second-order valence-electron chi connectivity index (χ2n) is 4.49. The van der Waals surface area contributed by atoms with Crippen molar-refractivity contribution in [2.24, 2.45) is 7.05 Å². The highest BCUT2D eigenvalue weighted by Gasteiger charge is 2.09. The lowest BCUT2D eigenvalue weighted by Gasteiger charge is -2.07. The average Bonchev–Trinajstić information content (AvgIpc) is 2.87. The summed E-state index contributed by atoms with van der Waals surface area (Å²) in [7, 11) is 1.73. The molecule has 0 N–H and O–H groups in total. The number of hydrogen-bond acceptors (Lipinski definition) is 5. The molecule has 20 heavy (non-hydrogen) atoms. The molecule has 0 radical (unpaired) electrons. The molecule has 0 unspecified atom stereocenters. The van der Waals surface area contributed by atoms with Crippen molar-refractivity contribution in [3.8, 4) is 0 Å². The van der Waals surface area contributed by atoms with Crippen molar-refractivity contribution in [3.63, 3.8) is 0 Å². The molecule has 1 aromatic carbocycles. The van der Waals surface area contributed by atoms with E-state index in [1.54, 1.807) is 17.7 Å². The van der Waals surface area contributed by atoms with Crippen LogP contribution in [0.3, 0.4) is 0 Å². The van der Waals surface area contributed by atoms with Crippen LogP contribution >= 0.6 is 11.8 Å². The Kier molecular flexibility index (Phi) is 3.31. The van der Waals surface area contributed by atoms with E-state index in [1.807, 2.05) is 31.2 Å². The van der Waals surface area contributed by atoms with E-state index in [2.05, 4.69) is 10.1 Å². The summed E-state index contributed by atoms with van der Waals surface area (Å²) in [6.07, 6.45) is 0. The number of hydrogen-bond donors (Lipinski definition) is 0. The minimum Gasteiger partial charge on any atom is -0.361 e. The van der Waals surface area contributed by atoms with E-state index in [1.165, 1.54) is 11.8 Å². The van der Waals surface area contributed by atoms with Crippen LogP contribution in [0.5, 0.6) is 0 Å². The Balaban J connectivity index is 1.95. The quantitative estimate of drug-likeness (QED) is 0.547. The smallest absolute Gasteiger partial charge is 0.261 e. The van der Waals surface area contributed by atoms with Gasteiger partial charge in [0.05, 0.1) is 16.6 Å². The van der Waals surface area contributed by atoms with Gasteiger partial charge in [-0.05, 0) is 19.1 Å². The van der Waals surface area contributed by atoms with Crippen molar-refractivity contribution in [1.82, 2.24) is 14.7 Å². The summed E-state index contributed by atoms with van der Waals surface area (Å²) in [5.41, 5.74) is 1.53. The Morgan fingerprint density at radius 2 is 2.15 bits per heavy atom. The van der Waals surface area contributed by atoms with Gasteiger partial charge in [0.2, 0.25) is 0 Å². The van der Waals surface area contributed by atoms with Crippen molar-refractivity contribution >= 4 is 22.7 Å². The summed E-state index contributed by atoms with van der Waals surface area (Å²) in [6.45, 7) is 1.85. The standard InChI is InChI=1S/C14H13N3O2S/c1-9-7-10(16-19-9)8-20-14-15-12-6-4-3-5-11(12)13(18)17(14)2/h3-7H,8H2,1-2H3. The summed E-state index contributed by atoms with van der Waals surface area (Å²) in [6, 6.07) is 9.24. The van der Waals surface area contributed by atoms with Gasteiger partial charge >= 0.3 is 0 Å². The number of aryl methyl sites for hydroxylation is 1. The van der Waals surface area contributed by atoms with E-state index in [4.69, 9.17) is 4.52 Å². The number of benzene rings is 1. The van der Waals surface area contributed by atoms with Crippen molar-refractivity contribution in [3.05, 3.63) is 52.1 Å². The molecule has 0 amide bonds. The van der Waals surface area contributed by atoms with Crippen LogP contribution in [0.25, 0.3) is 10.9 Å². The predicted octanol–water partition coefficient (Wildman–Crippen LogP) is 2.52. The van der Waals surface area contributed by atoms with E-state index in [0.29, 0.717) is 16.3 Å². The predicted molar refractivity (Wildman–Crippen MR) is 77.8 cm³/mol. The highest BCUT2D eigenvalue weighted by Crippen LogP contribution is 2.21. The molecule has 0 aliphatic carbocycles. The van der Waals surface area contributed by atoms with Crippen molar-refractivity contribution in [2.45, 2.75) is 17.8 Å². The van der Waals surface area contributed by atoms with Gasteiger partial charge in [0.1, 0.15) is 5.76 Å². The van der Waals surface area contributed by atoms with E-state index in [0.717, 1.165) is 17.0 Å². The third-order valence-electron chi connectivity index (χ3n) is 2.97. The molecule has 0 aliphatic heterocycles. The maximum absolute atomic E-state index is 12.2. The van der Waals surface area contributed by atoms with Gasteiger partial charge in [0, 0.05) is 18.9 Å². The lowest BCUT2D eigenvalue weighted by atomic mass is 10.2. The van der Waals surface area contributed by atoms with Crippen LogP contribution < -0.4 is 5.56 Å². The second-order valence-corrected chi connectivity index (χ2v) is 5.44. The van der Waals surface area contributed by atoms with E-state index >= 15 is 0 Å². The molecule has 5 nitrogen and oxygen atoms in total. The fraction of sp³-hybridized carbons (Fsp3) is 0.214. The van der Waals surface area contributed by atoms with Crippen LogP contribution in [0, 0.1) is 6.92 Å². The highest BCUT2D eigenvalue weighted by molar-refractivity contribution is 7.98. The molecule has 3 aromatic rings. The molecule has 0 saturated heterocycles. The molecular formula is C14H13N3O2S. The number of rotatable bonds is 3. The Labute approximate surface area is 119 Å². The topological polar surface area (TPSA) is 60.9 Å². The summed E-state index contributed by atoms with van der Waals surface area (Å²) in [5, 5.41) is 5.25. The fourth-order valence-electron chi connectivity index (χ4n) is 1.95. The lowest BCUT2D eigenvalue weighted by Crippen LogP contribution is -2.19. The number of aromatic nitrogens is 3. The monoisotopic (exact) mass is 287 g/mol. The van der Waals surface area contributed by atoms with Crippen molar-refractivity contribution in [2.75, 3.05) is 0 Å². The molecular weight excluding hydrogens is 274 g/mol. The first-order chi connectivity index (χ1) is 9.65. The van der Waals surface area contributed by atoms with E-state index in [-0.39, 0.29) is 5.56 Å². The largest absolute Gasteiger partial charge is 0.361 e. The van der Waals surface area contributed by atoms with Crippen molar-refractivity contribution in [1.29, 1.82) is 0 Å². The molecule has 2 aromatic heterocycles. The SMILES string of the molecule is Cc1cc(CSc2nc3ccccc3c(=O)n2C)no1. The number of para-hydroxylation sites is 1. The fourth-order valence-corrected chi connectivity index (χ4v) is 2.80. The third-order valence-corrected chi connectivity index (χ3v) is 4.03. The van der Waals surface area contributed by atoms with Gasteiger partial charge < -0.3 is 4.52 Å². The Hall–Kier alpha value is -2.08. The highest BCUT2D eigenvalue weighted by atomic mass is 32.2.